The van der Waals surface area contributed by atoms with E-state index in [0.717, 1.165) is 48.8 Å². The van der Waals surface area contributed by atoms with E-state index in [1.54, 1.807) is 17.4 Å². The molecule has 138 valence electrons. The van der Waals surface area contributed by atoms with E-state index in [-0.39, 0.29) is 5.91 Å². The molecule has 0 radical (unpaired) electrons. The first-order valence-corrected chi connectivity index (χ1v) is 10.2. The van der Waals surface area contributed by atoms with Crippen LogP contribution in [0.3, 0.4) is 0 Å². The molecule has 4 rings (SSSR count). The van der Waals surface area contributed by atoms with E-state index in [9.17, 15) is 4.79 Å². The topological polar surface area (TPSA) is 36.4 Å². The molecule has 0 saturated carbocycles. The third kappa shape index (κ3) is 4.56. The zero-order chi connectivity index (χ0) is 18.6. The lowest BCUT2D eigenvalue weighted by Gasteiger charge is -2.33. The van der Waals surface area contributed by atoms with Crippen molar-refractivity contribution in [2.24, 2.45) is 0 Å². The van der Waals surface area contributed by atoms with Crippen LogP contribution < -0.4 is 0 Å². The highest BCUT2D eigenvalue weighted by Gasteiger charge is 2.20. The Morgan fingerprint density at radius 1 is 1.11 bits per heavy atom. The van der Waals surface area contributed by atoms with Crippen LogP contribution >= 0.6 is 22.9 Å². The average molecular weight is 398 g/mol. The third-order valence-electron chi connectivity index (χ3n) is 4.65. The Bertz CT molecular complexity index is 943. The van der Waals surface area contributed by atoms with Crippen molar-refractivity contribution in [3.8, 4) is 0 Å². The monoisotopic (exact) mass is 397 g/mol. The first kappa shape index (κ1) is 18.2. The molecule has 0 atom stereocenters. The zero-order valence-electron chi connectivity index (χ0n) is 14.8. The summed E-state index contributed by atoms with van der Waals surface area (Å²) in [6.07, 6.45) is 3.45. The standard InChI is InChI=1S/C21H20ClN3OS/c22-17-5-3-4-16(14-17)8-9-21(26)25-12-10-24(11-13-25)15-20-23-18-6-1-2-7-19(18)27-20/h1-9,14H,10-13,15H2/b9-8+. The summed E-state index contributed by atoms with van der Waals surface area (Å²) in [5.74, 6) is 0.0506. The fourth-order valence-electron chi connectivity index (χ4n) is 3.19. The van der Waals surface area contributed by atoms with Gasteiger partial charge in [0, 0.05) is 37.3 Å². The molecular formula is C21H20ClN3OS. The fourth-order valence-corrected chi connectivity index (χ4v) is 4.40. The summed E-state index contributed by atoms with van der Waals surface area (Å²) in [7, 11) is 0. The van der Waals surface area contributed by atoms with Gasteiger partial charge in [0.05, 0.1) is 16.8 Å². The smallest absolute Gasteiger partial charge is 0.246 e. The number of fused-ring (bicyclic) bond motifs is 1. The lowest BCUT2D eigenvalue weighted by Crippen LogP contribution is -2.47. The average Bonchev–Trinajstić information content (AvgIpc) is 3.09. The molecule has 6 heteroatoms. The van der Waals surface area contributed by atoms with Gasteiger partial charge in [-0.3, -0.25) is 9.69 Å². The second-order valence-electron chi connectivity index (χ2n) is 6.57. The van der Waals surface area contributed by atoms with Crippen molar-refractivity contribution in [3.63, 3.8) is 0 Å². The van der Waals surface area contributed by atoms with Gasteiger partial charge in [0.2, 0.25) is 5.91 Å². The van der Waals surface area contributed by atoms with Gasteiger partial charge in [0.25, 0.3) is 0 Å². The summed E-state index contributed by atoms with van der Waals surface area (Å²) in [5.41, 5.74) is 2.00. The van der Waals surface area contributed by atoms with Gasteiger partial charge >= 0.3 is 0 Å². The number of nitrogens with zero attached hydrogens (tertiary/aromatic N) is 3. The molecule has 1 aromatic heterocycles. The Balaban J connectivity index is 1.31. The number of piperazine rings is 1. The summed E-state index contributed by atoms with van der Waals surface area (Å²) < 4.78 is 1.23. The van der Waals surface area contributed by atoms with Crippen molar-refractivity contribution < 1.29 is 4.79 Å². The number of rotatable bonds is 4. The van der Waals surface area contributed by atoms with Crippen LogP contribution in [0.25, 0.3) is 16.3 Å². The zero-order valence-corrected chi connectivity index (χ0v) is 16.4. The van der Waals surface area contributed by atoms with Gasteiger partial charge in [-0.1, -0.05) is 35.9 Å². The van der Waals surface area contributed by atoms with Gasteiger partial charge < -0.3 is 4.90 Å². The van der Waals surface area contributed by atoms with Crippen LogP contribution in [0.4, 0.5) is 0 Å². The number of hydrogen-bond donors (Lipinski definition) is 0. The minimum absolute atomic E-state index is 0.0506. The Hall–Kier alpha value is -2.21. The highest BCUT2D eigenvalue weighted by atomic mass is 35.5. The summed E-state index contributed by atoms with van der Waals surface area (Å²) in [5, 5.41) is 1.81. The Morgan fingerprint density at radius 3 is 2.70 bits per heavy atom. The Morgan fingerprint density at radius 2 is 1.93 bits per heavy atom. The molecule has 1 aliphatic heterocycles. The molecule has 0 spiro atoms. The van der Waals surface area contributed by atoms with Crippen LogP contribution in [-0.2, 0) is 11.3 Å². The van der Waals surface area contributed by atoms with Crippen LogP contribution in [0.5, 0.6) is 0 Å². The second-order valence-corrected chi connectivity index (χ2v) is 8.12. The molecule has 1 aliphatic rings. The summed E-state index contributed by atoms with van der Waals surface area (Å²) in [4.78, 5) is 21.4. The van der Waals surface area contributed by atoms with Gasteiger partial charge in [-0.2, -0.15) is 0 Å². The van der Waals surface area contributed by atoms with E-state index in [1.807, 2.05) is 47.4 Å². The van der Waals surface area contributed by atoms with E-state index < -0.39 is 0 Å². The number of para-hydroxylation sites is 1. The van der Waals surface area contributed by atoms with Crippen molar-refractivity contribution in [3.05, 3.63) is 70.2 Å². The van der Waals surface area contributed by atoms with Gasteiger partial charge in [-0.05, 0) is 35.9 Å². The molecule has 2 aromatic carbocycles. The Labute approximate surface area is 167 Å². The van der Waals surface area contributed by atoms with Crippen molar-refractivity contribution in [2.45, 2.75) is 6.54 Å². The first-order valence-electron chi connectivity index (χ1n) is 8.97. The van der Waals surface area contributed by atoms with E-state index in [1.165, 1.54) is 4.70 Å². The van der Waals surface area contributed by atoms with Gasteiger partial charge in [-0.15, -0.1) is 11.3 Å². The maximum absolute atomic E-state index is 12.4. The molecule has 3 aromatic rings. The molecule has 0 bridgehead atoms. The van der Waals surface area contributed by atoms with Gasteiger partial charge in [0.1, 0.15) is 5.01 Å². The van der Waals surface area contributed by atoms with Gasteiger partial charge in [-0.25, -0.2) is 4.98 Å². The molecule has 1 fully saturated rings. The van der Waals surface area contributed by atoms with Crippen LogP contribution in [-0.4, -0.2) is 46.9 Å². The number of benzene rings is 2. The summed E-state index contributed by atoms with van der Waals surface area (Å²) >= 11 is 7.73. The minimum Gasteiger partial charge on any atom is -0.337 e. The first-order chi connectivity index (χ1) is 13.2. The molecule has 1 saturated heterocycles. The molecule has 0 N–H and O–H groups in total. The number of amides is 1. The molecular weight excluding hydrogens is 378 g/mol. The van der Waals surface area contributed by atoms with Crippen LogP contribution in [0.1, 0.15) is 10.6 Å². The molecule has 4 nitrogen and oxygen atoms in total. The predicted octanol–water partition coefficient (Wildman–Crippen LogP) is 4.31. The molecule has 0 unspecified atom stereocenters. The maximum atomic E-state index is 12.4. The Kier molecular flexibility index (Phi) is 5.53. The number of aromatic nitrogens is 1. The second kappa shape index (κ2) is 8.21. The SMILES string of the molecule is O=C(/C=C/c1cccc(Cl)c1)N1CCN(Cc2nc3ccccc3s2)CC1. The summed E-state index contributed by atoms with van der Waals surface area (Å²) in [6.45, 7) is 4.06. The maximum Gasteiger partial charge on any atom is 0.246 e. The summed E-state index contributed by atoms with van der Waals surface area (Å²) in [6, 6.07) is 15.7. The number of carbonyl (C=O) groups excluding carboxylic acids is 1. The number of hydrogen-bond acceptors (Lipinski definition) is 4. The molecule has 1 amide bonds. The highest BCUT2D eigenvalue weighted by molar-refractivity contribution is 7.18. The normalized spacial score (nSPS) is 15.7. The predicted molar refractivity (Wildman–Crippen MR) is 112 cm³/mol. The largest absolute Gasteiger partial charge is 0.337 e. The minimum atomic E-state index is 0.0506. The van der Waals surface area contributed by atoms with E-state index in [4.69, 9.17) is 16.6 Å². The molecule has 0 aliphatic carbocycles. The van der Waals surface area contributed by atoms with Gasteiger partial charge in [0.15, 0.2) is 0 Å². The van der Waals surface area contributed by atoms with Crippen molar-refractivity contribution in [1.29, 1.82) is 0 Å². The highest BCUT2D eigenvalue weighted by Crippen LogP contribution is 2.23. The fraction of sp³-hybridized carbons (Fsp3) is 0.238. The molecule has 27 heavy (non-hydrogen) atoms. The number of carbonyl (C=O) groups is 1. The van der Waals surface area contributed by atoms with Crippen molar-refractivity contribution in [2.75, 3.05) is 26.2 Å². The van der Waals surface area contributed by atoms with Crippen LogP contribution in [0, 0.1) is 0 Å². The van der Waals surface area contributed by atoms with E-state index in [0.29, 0.717) is 5.02 Å². The van der Waals surface area contributed by atoms with Crippen molar-refractivity contribution in [1.82, 2.24) is 14.8 Å². The van der Waals surface area contributed by atoms with Crippen LogP contribution in [0.2, 0.25) is 5.02 Å². The van der Waals surface area contributed by atoms with E-state index >= 15 is 0 Å². The molecule has 2 heterocycles. The quantitative estimate of drug-likeness (QED) is 0.615. The third-order valence-corrected chi connectivity index (χ3v) is 5.90. The van der Waals surface area contributed by atoms with Crippen molar-refractivity contribution >= 4 is 45.1 Å². The lowest BCUT2D eigenvalue weighted by atomic mass is 10.2. The number of thiazole rings is 1. The lowest BCUT2D eigenvalue weighted by molar-refractivity contribution is -0.127. The number of halogens is 1. The van der Waals surface area contributed by atoms with E-state index in [2.05, 4.69) is 17.0 Å². The van der Waals surface area contributed by atoms with Crippen LogP contribution in [0.15, 0.2) is 54.6 Å².